The molecular weight excluding hydrogens is 355 g/mol. The molecule has 1 aliphatic carbocycles. The van der Waals surface area contributed by atoms with Crippen LogP contribution in [0.15, 0.2) is 24.3 Å². The summed E-state index contributed by atoms with van der Waals surface area (Å²) < 4.78 is 15.8. The van der Waals surface area contributed by atoms with Gasteiger partial charge in [-0.1, -0.05) is 31.0 Å². The summed E-state index contributed by atoms with van der Waals surface area (Å²) in [5.41, 5.74) is 3.55. The number of amides is 1. The van der Waals surface area contributed by atoms with Gasteiger partial charge in [0.15, 0.2) is 5.69 Å². The van der Waals surface area contributed by atoms with Gasteiger partial charge in [-0.3, -0.25) is 9.48 Å². The zero-order valence-corrected chi connectivity index (χ0v) is 16.6. The molecule has 0 bridgehead atoms. The molecule has 6 heteroatoms. The van der Waals surface area contributed by atoms with Crippen LogP contribution in [0.3, 0.4) is 0 Å². The summed E-state index contributed by atoms with van der Waals surface area (Å²) in [5.74, 6) is -0.0987. The highest BCUT2D eigenvalue weighted by Crippen LogP contribution is 2.26. The molecule has 1 aliphatic heterocycles. The first-order valence-electron chi connectivity index (χ1n) is 10.4. The van der Waals surface area contributed by atoms with Crippen molar-refractivity contribution >= 4 is 5.91 Å². The summed E-state index contributed by atoms with van der Waals surface area (Å²) in [6.07, 6.45) is 7.19. The number of rotatable bonds is 4. The van der Waals surface area contributed by atoms with E-state index in [1.165, 1.54) is 24.6 Å². The van der Waals surface area contributed by atoms with Crippen LogP contribution in [0, 0.1) is 5.82 Å². The number of halogens is 1. The second-order valence-corrected chi connectivity index (χ2v) is 8.02. The van der Waals surface area contributed by atoms with Crippen LogP contribution >= 0.6 is 0 Å². The Morgan fingerprint density at radius 3 is 2.71 bits per heavy atom. The summed E-state index contributed by atoms with van der Waals surface area (Å²) >= 11 is 0. The first-order chi connectivity index (χ1) is 13.6. The van der Waals surface area contributed by atoms with Crippen molar-refractivity contribution < 1.29 is 9.18 Å². The Hall–Kier alpha value is -2.21. The molecule has 0 saturated carbocycles. The minimum absolute atomic E-state index is 0.0773. The first kappa shape index (κ1) is 19.1. The molecule has 1 N–H and O–H groups in total. The Kier molecular flexibility index (Phi) is 5.76. The average Bonchev–Trinajstić information content (AvgIpc) is 2.88. The summed E-state index contributed by atoms with van der Waals surface area (Å²) in [6, 6.07) is 7.11. The van der Waals surface area contributed by atoms with E-state index in [9.17, 15) is 9.18 Å². The molecule has 0 unspecified atom stereocenters. The van der Waals surface area contributed by atoms with Crippen LogP contribution < -0.4 is 5.32 Å². The Morgan fingerprint density at radius 2 is 1.96 bits per heavy atom. The fraction of sp³-hybridized carbons (Fsp3) is 0.545. The van der Waals surface area contributed by atoms with E-state index in [1.54, 1.807) is 6.07 Å². The van der Waals surface area contributed by atoms with Gasteiger partial charge >= 0.3 is 0 Å². The number of aromatic nitrogens is 2. The smallest absolute Gasteiger partial charge is 0.274 e. The Morgan fingerprint density at radius 1 is 1.21 bits per heavy atom. The lowest BCUT2D eigenvalue weighted by atomic mass is 9.91. The van der Waals surface area contributed by atoms with Crippen LogP contribution in [-0.4, -0.2) is 39.7 Å². The molecule has 1 aromatic carbocycles. The molecule has 28 heavy (non-hydrogen) atoms. The largest absolute Gasteiger partial charge is 0.337 e. The van der Waals surface area contributed by atoms with E-state index in [1.807, 2.05) is 28.8 Å². The number of carbonyl (C=O) groups excluding carboxylic acids is 1. The van der Waals surface area contributed by atoms with E-state index in [0.29, 0.717) is 17.8 Å². The lowest BCUT2D eigenvalue weighted by Gasteiger charge is -2.25. The van der Waals surface area contributed by atoms with E-state index < -0.39 is 0 Å². The molecule has 2 aliphatic rings. The molecule has 1 atom stereocenters. The maximum atomic E-state index is 13.9. The van der Waals surface area contributed by atoms with Crippen molar-refractivity contribution in [1.29, 1.82) is 0 Å². The van der Waals surface area contributed by atoms with Crippen molar-refractivity contribution in [3.63, 3.8) is 0 Å². The fourth-order valence-electron chi connectivity index (χ4n) is 4.45. The van der Waals surface area contributed by atoms with Gasteiger partial charge in [0, 0.05) is 49.5 Å². The van der Waals surface area contributed by atoms with Gasteiger partial charge in [0.2, 0.25) is 0 Å². The summed E-state index contributed by atoms with van der Waals surface area (Å²) in [7, 11) is 1.94. The quantitative estimate of drug-likeness (QED) is 0.881. The highest BCUT2D eigenvalue weighted by atomic mass is 19.1. The Balaban J connectivity index is 1.48. The predicted molar refractivity (Wildman–Crippen MR) is 107 cm³/mol. The lowest BCUT2D eigenvalue weighted by Crippen LogP contribution is -2.36. The van der Waals surface area contributed by atoms with Gasteiger partial charge in [-0.25, -0.2) is 4.39 Å². The summed E-state index contributed by atoms with van der Waals surface area (Å²) in [6.45, 7) is 2.17. The van der Waals surface area contributed by atoms with Crippen LogP contribution in [0.2, 0.25) is 0 Å². The van der Waals surface area contributed by atoms with Crippen molar-refractivity contribution in [2.45, 2.75) is 57.5 Å². The molecule has 150 valence electrons. The van der Waals surface area contributed by atoms with Crippen LogP contribution in [0.1, 0.15) is 59.4 Å². The number of nitrogens with zero attached hydrogens (tertiary/aromatic N) is 3. The lowest BCUT2D eigenvalue weighted by molar-refractivity contribution is 0.0753. The van der Waals surface area contributed by atoms with Crippen molar-refractivity contribution in [2.75, 3.05) is 13.1 Å². The van der Waals surface area contributed by atoms with E-state index in [4.69, 9.17) is 0 Å². The minimum atomic E-state index is -0.176. The molecule has 4 rings (SSSR count). The zero-order valence-electron chi connectivity index (χ0n) is 16.6. The number of fused-ring (bicyclic) bond motifs is 1. The highest BCUT2D eigenvalue weighted by Gasteiger charge is 2.30. The SMILES string of the molecule is Cn1nc(C(=O)N2CCCCCC2)c2c1CC[C@H](NCc1ccccc1F)C2. The van der Waals surface area contributed by atoms with E-state index in [-0.39, 0.29) is 17.8 Å². The molecule has 1 amide bonds. The number of carbonyl (C=O) groups is 1. The first-order valence-corrected chi connectivity index (χ1v) is 10.4. The molecule has 0 spiro atoms. The van der Waals surface area contributed by atoms with Gasteiger partial charge in [-0.2, -0.15) is 5.10 Å². The number of aryl methyl sites for hydroxylation is 1. The highest BCUT2D eigenvalue weighted by molar-refractivity contribution is 5.94. The molecule has 1 aromatic heterocycles. The van der Waals surface area contributed by atoms with E-state index in [0.717, 1.165) is 50.8 Å². The fourth-order valence-corrected chi connectivity index (χ4v) is 4.45. The third kappa shape index (κ3) is 3.97. The number of benzene rings is 1. The van der Waals surface area contributed by atoms with Crippen LogP contribution in [-0.2, 0) is 26.4 Å². The van der Waals surface area contributed by atoms with Crippen LogP contribution in [0.5, 0.6) is 0 Å². The topological polar surface area (TPSA) is 50.2 Å². The standard InChI is InChI=1S/C22H29FN4O/c1-26-20-11-10-17(24-15-16-8-4-5-9-19(16)23)14-18(20)21(25-26)22(28)27-12-6-2-3-7-13-27/h4-5,8-9,17,24H,2-3,6-7,10-15H2,1H3/t17-/m0/s1. The average molecular weight is 384 g/mol. The monoisotopic (exact) mass is 384 g/mol. The van der Waals surface area contributed by atoms with Crippen LogP contribution in [0.4, 0.5) is 4.39 Å². The van der Waals surface area contributed by atoms with Crippen molar-refractivity contribution in [2.24, 2.45) is 7.05 Å². The third-order valence-corrected chi connectivity index (χ3v) is 6.09. The van der Waals surface area contributed by atoms with Gasteiger partial charge < -0.3 is 10.2 Å². The molecule has 2 heterocycles. The molecule has 1 saturated heterocycles. The van der Waals surface area contributed by atoms with E-state index >= 15 is 0 Å². The van der Waals surface area contributed by atoms with Gasteiger partial charge in [0.25, 0.3) is 5.91 Å². The number of likely N-dealkylation sites (tertiary alicyclic amines) is 1. The second kappa shape index (κ2) is 8.43. The predicted octanol–water partition coefficient (Wildman–Crippen LogP) is 3.22. The molecular formula is C22H29FN4O. The Labute approximate surface area is 165 Å². The van der Waals surface area contributed by atoms with Crippen molar-refractivity contribution in [3.8, 4) is 0 Å². The van der Waals surface area contributed by atoms with Crippen molar-refractivity contribution in [3.05, 3.63) is 52.6 Å². The summed E-state index contributed by atoms with van der Waals surface area (Å²) in [5, 5.41) is 8.09. The second-order valence-electron chi connectivity index (χ2n) is 8.02. The van der Waals surface area contributed by atoms with E-state index in [2.05, 4.69) is 10.4 Å². The molecule has 2 aromatic rings. The molecule has 5 nitrogen and oxygen atoms in total. The number of hydrogen-bond acceptors (Lipinski definition) is 3. The normalized spacial score (nSPS) is 19.9. The molecule has 0 radical (unpaired) electrons. The third-order valence-electron chi connectivity index (χ3n) is 6.09. The van der Waals surface area contributed by atoms with Gasteiger partial charge in [0.05, 0.1) is 0 Å². The van der Waals surface area contributed by atoms with Gasteiger partial charge in [0.1, 0.15) is 5.82 Å². The number of nitrogens with one attached hydrogen (secondary N) is 1. The Bertz CT molecular complexity index is 839. The van der Waals surface area contributed by atoms with Crippen molar-refractivity contribution in [1.82, 2.24) is 20.0 Å². The molecule has 1 fully saturated rings. The summed E-state index contributed by atoms with van der Waals surface area (Å²) in [4.78, 5) is 15.1. The van der Waals surface area contributed by atoms with Crippen LogP contribution in [0.25, 0.3) is 0 Å². The van der Waals surface area contributed by atoms with Gasteiger partial charge in [-0.15, -0.1) is 0 Å². The number of hydrogen-bond donors (Lipinski definition) is 1. The minimum Gasteiger partial charge on any atom is -0.337 e. The maximum Gasteiger partial charge on any atom is 0.274 e. The van der Waals surface area contributed by atoms with Gasteiger partial charge in [-0.05, 0) is 38.2 Å². The maximum absolute atomic E-state index is 13.9. The zero-order chi connectivity index (χ0) is 19.5.